The topological polar surface area (TPSA) is 81.3 Å². The Labute approximate surface area is 110 Å². The molecule has 18 heavy (non-hydrogen) atoms. The van der Waals surface area contributed by atoms with Gasteiger partial charge in [0.05, 0.1) is 13.0 Å². The van der Waals surface area contributed by atoms with E-state index in [0.29, 0.717) is 18.1 Å². The highest BCUT2D eigenvalue weighted by atomic mass is 35.5. The number of methoxy groups -OCH3 is 1. The van der Waals surface area contributed by atoms with Crippen LogP contribution in [0.4, 0.5) is 11.5 Å². The van der Waals surface area contributed by atoms with Gasteiger partial charge in [0.15, 0.2) is 11.0 Å². The fraction of sp³-hybridized carbons (Fsp3) is 0.545. The van der Waals surface area contributed by atoms with Crippen LogP contribution in [0.15, 0.2) is 6.33 Å². The lowest BCUT2D eigenvalue weighted by Gasteiger charge is -2.32. The van der Waals surface area contributed by atoms with Gasteiger partial charge in [-0.3, -0.25) is 4.79 Å². The molecule has 1 aliphatic rings. The molecule has 2 heterocycles. The number of aromatic nitrogens is 2. The fourth-order valence-corrected chi connectivity index (χ4v) is 2.27. The molecule has 0 spiro atoms. The Morgan fingerprint density at radius 1 is 1.61 bits per heavy atom. The van der Waals surface area contributed by atoms with Crippen molar-refractivity contribution in [2.75, 3.05) is 30.8 Å². The number of piperidine rings is 1. The van der Waals surface area contributed by atoms with E-state index in [4.69, 9.17) is 22.1 Å². The van der Waals surface area contributed by atoms with Gasteiger partial charge in [-0.05, 0) is 12.8 Å². The molecule has 6 nitrogen and oxygen atoms in total. The van der Waals surface area contributed by atoms with Crippen molar-refractivity contribution in [3.8, 4) is 0 Å². The Morgan fingerprint density at radius 2 is 2.39 bits per heavy atom. The Hall–Kier alpha value is -1.56. The van der Waals surface area contributed by atoms with E-state index in [-0.39, 0.29) is 17.0 Å². The monoisotopic (exact) mass is 270 g/mol. The number of hydrogen-bond acceptors (Lipinski definition) is 6. The van der Waals surface area contributed by atoms with Crippen LogP contribution in [0.3, 0.4) is 0 Å². The Morgan fingerprint density at radius 3 is 3.11 bits per heavy atom. The van der Waals surface area contributed by atoms with Gasteiger partial charge in [-0.1, -0.05) is 11.6 Å². The smallest absolute Gasteiger partial charge is 0.310 e. The first-order valence-electron chi connectivity index (χ1n) is 5.72. The van der Waals surface area contributed by atoms with Crippen molar-refractivity contribution in [1.82, 2.24) is 9.97 Å². The van der Waals surface area contributed by atoms with Gasteiger partial charge in [-0.2, -0.15) is 0 Å². The summed E-state index contributed by atoms with van der Waals surface area (Å²) in [6.45, 7) is 1.34. The molecule has 98 valence electrons. The normalized spacial score (nSPS) is 19.7. The molecule has 0 amide bonds. The third-order valence-corrected chi connectivity index (χ3v) is 3.37. The van der Waals surface area contributed by atoms with Gasteiger partial charge in [-0.25, -0.2) is 9.97 Å². The Kier molecular flexibility index (Phi) is 3.86. The number of rotatable bonds is 2. The summed E-state index contributed by atoms with van der Waals surface area (Å²) < 4.78 is 4.77. The molecular weight excluding hydrogens is 256 g/mol. The van der Waals surface area contributed by atoms with E-state index in [0.717, 1.165) is 19.4 Å². The van der Waals surface area contributed by atoms with Gasteiger partial charge in [0.1, 0.15) is 12.0 Å². The van der Waals surface area contributed by atoms with Gasteiger partial charge in [0.2, 0.25) is 0 Å². The molecule has 1 aromatic rings. The van der Waals surface area contributed by atoms with Crippen LogP contribution in [0.25, 0.3) is 0 Å². The number of nitrogen functional groups attached to an aromatic ring is 1. The third kappa shape index (κ3) is 2.48. The molecule has 1 saturated heterocycles. The third-order valence-electron chi connectivity index (χ3n) is 3.07. The summed E-state index contributed by atoms with van der Waals surface area (Å²) in [4.78, 5) is 21.5. The number of anilines is 2. The minimum Gasteiger partial charge on any atom is -0.469 e. The molecule has 0 bridgehead atoms. The molecular formula is C11H15ClN4O2. The molecule has 1 fully saturated rings. The zero-order chi connectivity index (χ0) is 13.1. The van der Waals surface area contributed by atoms with Crippen molar-refractivity contribution < 1.29 is 9.53 Å². The maximum Gasteiger partial charge on any atom is 0.310 e. The van der Waals surface area contributed by atoms with Crippen LogP contribution in [0.2, 0.25) is 5.15 Å². The molecule has 0 aromatic carbocycles. The summed E-state index contributed by atoms with van der Waals surface area (Å²) in [7, 11) is 1.40. The number of carbonyl (C=O) groups is 1. The highest BCUT2D eigenvalue weighted by Gasteiger charge is 2.28. The van der Waals surface area contributed by atoms with E-state index in [1.807, 2.05) is 4.90 Å². The molecule has 2 N–H and O–H groups in total. The second-order valence-electron chi connectivity index (χ2n) is 4.21. The average molecular weight is 271 g/mol. The predicted molar refractivity (Wildman–Crippen MR) is 68.4 cm³/mol. The maximum atomic E-state index is 11.6. The molecule has 1 unspecified atom stereocenters. The lowest BCUT2D eigenvalue weighted by Crippen LogP contribution is -2.40. The van der Waals surface area contributed by atoms with Crippen molar-refractivity contribution in [3.05, 3.63) is 11.5 Å². The molecule has 7 heteroatoms. The van der Waals surface area contributed by atoms with E-state index in [1.54, 1.807) is 0 Å². The van der Waals surface area contributed by atoms with Crippen LogP contribution in [0.5, 0.6) is 0 Å². The number of hydrogen-bond donors (Lipinski definition) is 1. The van der Waals surface area contributed by atoms with Crippen molar-refractivity contribution in [2.24, 2.45) is 5.92 Å². The van der Waals surface area contributed by atoms with Crippen LogP contribution in [-0.2, 0) is 9.53 Å². The molecule has 1 aliphatic heterocycles. The van der Waals surface area contributed by atoms with Crippen molar-refractivity contribution in [2.45, 2.75) is 12.8 Å². The van der Waals surface area contributed by atoms with Gasteiger partial charge in [0.25, 0.3) is 0 Å². The van der Waals surface area contributed by atoms with Gasteiger partial charge >= 0.3 is 5.97 Å². The summed E-state index contributed by atoms with van der Waals surface area (Å²) in [6, 6.07) is 0. The highest BCUT2D eigenvalue weighted by molar-refractivity contribution is 6.32. The summed E-state index contributed by atoms with van der Waals surface area (Å²) in [5, 5.41) is 0.236. The first-order chi connectivity index (χ1) is 8.63. The van der Waals surface area contributed by atoms with Crippen LogP contribution in [-0.4, -0.2) is 36.1 Å². The lowest BCUT2D eigenvalue weighted by molar-refractivity contribution is -0.145. The molecule has 0 saturated carbocycles. The summed E-state index contributed by atoms with van der Waals surface area (Å²) in [5.41, 5.74) is 6.20. The van der Waals surface area contributed by atoms with Crippen LogP contribution in [0, 0.1) is 5.92 Å². The molecule has 0 aliphatic carbocycles. The fourth-order valence-electron chi connectivity index (χ4n) is 2.15. The summed E-state index contributed by atoms with van der Waals surface area (Å²) in [6.07, 6.45) is 3.08. The summed E-state index contributed by atoms with van der Waals surface area (Å²) >= 11 is 5.86. The van der Waals surface area contributed by atoms with Crippen LogP contribution in [0.1, 0.15) is 12.8 Å². The molecule has 1 atom stereocenters. The molecule has 1 aromatic heterocycles. The van der Waals surface area contributed by atoms with E-state index >= 15 is 0 Å². The van der Waals surface area contributed by atoms with Crippen molar-refractivity contribution in [3.63, 3.8) is 0 Å². The number of carbonyl (C=O) groups excluding carboxylic acids is 1. The number of nitrogens with two attached hydrogens (primary N) is 1. The number of nitrogens with zero attached hydrogens (tertiary/aromatic N) is 3. The predicted octanol–water partition coefficient (Wildman–Crippen LogP) is 1.10. The largest absolute Gasteiger partial charge is 0.469 e. The Bertz CT molecular complexity index is 455. The first-order valence-corrected chi connectivity index (χ1v) is 6.10. The van der Waals surface area contributed by atoms with E-state index < -0.39 is 0 Å². The van der Waals surface area contributed by atoms with E-state index in [9.17, 15) is 4.79 Å². The first kappa shape index (κ1) is 12.9. The number of ether oxygens (including phenoxy) is 1. The van der Waals surface area contributed by atoms with Crippen molar-refractivity contribution >= 4 is 29.1 Å². The second kappa shape index (κ2) is 5.39. The highest BCUT2D eigenvalue weighted by Crippen LogP contribution is 2.29. The maximum absolute atomic E-state index is 11.6. The lowest BCUT2D eigenvalue weighted by atomic mass is 9.98. The number of esters is 1. The summed E-state index contributed by atoms with van der Waals surface area (Å²) in [5.74, 6) is 0.249. The zero-order valence-corrected chi connectivity index (χ0v) is 10.9. The number of halogens is 1. The SMILES string of the molecule is COC(=O)C1CCCN(c2ncnc(Cl)c2N)C1. The van der Waals surface area contributed by atoms with Crippen LogP contribution >= 0.6 is 11.6 Å². The second-order valence-corrected chi connectivity index (χ2v) is 4.57. The average Bonchev–Trinajstić information content (AvgIpc) is 2.41. The standard InChI is InChI=1S/C11H15ClN4O2/c1-18-11(17)7-3-2-4-16(5-7)10-8(13)9(12)14-6-15-10/h6-7H,2-5,13H2,1H3. The van der Waals surface area contributed by atoms with E-state index in [1.165, 1.54) is 13.4 Å². The van der Waals surface area contributed by atoms with Crippen molar-refractivity contribution in [1.29, 1.82) is 0 Å². The van der Waals surface area contributed by atoms with Gasteiger partial charge in [-0.15, -0.1) is 0 Å². The minimum absolute atomic E-state index is 0.142. The van der Waals surface area contributed by atoms with Gasteiger partial charge < -0.3 is 15.4 Å². The quantitative estimate of drug-likeness (QED) is 0.640. The van der Waals surface area contributed by atoms with Gasteiger partial charge in [0, 0.05) is 13.1 Å². The Balaban J connectivity index is 2.18. The van der Waals surface area contributed by atoms with Crippen LogP contribution < -0.4 is 10.6 Å². The van der Waals surface area contributed by atoms with E-state index in [2.05, 4.69) is 9.97 Å². The zero-order valence-electron chi connectivity index (χ0n) is 10.1. The molecule has 0 radical (unpaired) electrons. The molecule has 2 rings (SSSR count). The minimum atomic E-state index is -0.196.